The zero-order valence-electron chi connectivity index (χ0n) is 10.7. The first-order chi connectivity index (χ1) is 9.44. The Morgan fingerprint density at radius 2 is 2.00 bits per heavy atom. The number of hydrogen-bond donors (Lipinski definition) is 2. The van der Waals surface area contributed by atoms with E-state index < -0.39 is 49.9 Å². The number of para-hydroxylation sites is 1. The van der Waals surface area contributed by atoms with E-state index in [4.69, 9.17) is 5.73 Å². The summed E-state index contributed by atoms with van der Waals surface area (Å²) in [5.74, 6) is 0. The molecule has 1 aromatic carbocycles. The van der Waals surface area contributed by atoms with Crippen LogP contribution in [0.3, 0.4) is 0 Å². The molecular weight excluding hydrogens is 315 g/mol. The third-order valence-corrected chi connectivity index (χ3v) is 4.02. The van der Waals surface area contributed by atoms with E-state index in [0.29, 0.717) is 0 Å². The van der Waals surface area contributed by atoms with Crippen molar-refractivity contribution in [3.63, 3.8) is 0 Å². The number of nitro benzene ring substituents is 1. The van der Waals surface area contributed by atoms with Gasteiger partial charge in [0.25, 0.3) is 0 Å². The minimum absolute atomic E-state index is 0.397. The molecule has 0 fully saturated rings. The van der Waals surface area contributed by atoms with E-state index in [1.54, 1.807) is 4.72 Å². The number of hydrogen-bond acceptors (Lipinski definition) is 5. The molecular formula is C10H12F3N3O4S. The lowest BCUT2D eigenvalue weighted by Gasteiger charge is -2.16. The number of rotatable bonds is 5. The highest BCUT2D eigenvalue weighted by atomic mass is 32.2. The highest BCUT2D eigenvalue weighted by Gasteiger charge is 2.34. The van der Waals surface area contributed by atoms with Gasteiger partial charge < -0.3 is 5.73 Å². The average molecular weight is 327 g/mol. The van der Waals surface area contributed by atoms with E-state index in [2.05, 4.69) is 0 Å². The zero-order chi connectivity index (χ0) is 16.4. The Bertz CT molecular complexity index is 645. The van der Waals surface area contributed by atoms with Gasteiger partial charge in [0.15, 0.2) is 4.90 Å². The quantitative estimate of drug-likeness (QED) is 0.486. The predicted octanol–water partition coefficient (Wildman–Crippen LogP) is 1.80. The molecule has 1 aromatic rings. The third kappa shape index (κ3) is 4.56. The number of nitrogens with zero attached hydrogens (tertiary/aromatic N) is 1. The number of sulfonamides is 1. The van der Waals surface area contributed by atoms with Gasteiger partial charge in [-0.1, -0.05) is 6.07 Å². The fourth-order valence-electron chi connectivity index (χ4n) is 1.67. The first kappa shape index (κ1) is 17.2. The van der Waals surface area contributed by atoms with Crippen LogP contribution < -0.4 is 10.5 Å². The van der Waals surface area contributed by atoms with Crippen molar-refractivity contribution in [1.82, 2.24) is 4.72 Å². The zero-order valence-corrected chi connectivity index (χ0v) is 11.5. The lowest BCUT2D eigenvalue weighted by Crippen LogP contribution is -2.36. The fourth-order valence-corrected chi connectivity index (χ4v) is 3.11. The van der Waals surface area contributed by atoms with E-state index in [1.165, 1.54) is 0 Å². The molecule has 0 aliphatic heterocycles. The molecule has 0 aliphatic carbocycles. The van der Waals surface area contributed by atoms with Gasteiger partial charge in [-0.15, -0.1) is 0 Å². The molecule has 0 spiro atoms. The van der Waals surface area contributed by atoms with Crippen LogP contribution in [0.15, 0.2) is 23.1 Å². The van der Waals surface area contributed by atoms with Crippen LogP contribution in [0.25, 0.3) is 0 Å². The van der Waals surface area contributed by atoms with Gasteiger partial charge in [-0.05, 0) is 19.1 Å². The molecule has 21 heavy (non-hydrogen) atoms. The number of anilines is 1. The van der Waals surface area contributed by atoms with Gasteiger partial charge in [-0.3, -0.25) is 10.1 Å². The predicted molar refractivity (Wildman–Crippen MR) is 68.0 cm³/mol. The molecule has 0 aliphatic rings. The molecule has 0 saturated heterocycles. The van der Waals surface area contributed by atoms with Crippen molar-refractivity contribution < 1.29 is 26.5 Å². The third-order valence-electron chi connectivity index (χ3n) is 2.40. The number of nitro groups is 1. The van der Waals surface area contributed by atoms with Crippen molar-refractivity contribution in [2.45, 2.75) is 30.5 Å². The largest absolute Gasteiger partial charge is 0.393 e. The summed E-state index contributed by atoms with van der Waals surface area (Å²) >= 11 is 0. The van der Waals surface area contributed by atoms with Crippen LogP contribution >= 0.6 is 0 Å². The van der Waals surface area contributed by atoms with Gasteiger partial charge in [-0.2, -0.15) is 13.2 Å². The van der Waals surface area contributed by atoms with E-state index in [9.17, 15) is 31.7 Å². The van der Waals surface area contributed by atoms with Crippen LogP contribution in [0.1, 0.15) is 13.3 Å². The number of nitrogens with one attached hydrogen (secondary N) is 1. The SMILES string of the molecule is CC(CC(F)(F)F)NS(=O)(=O)c1cccc(N)c1[N+](=O)[O-]. The molecule has 0 saturated carbocycles. The monoisotopic (exact) mass is 327 g/mol. The van der Waals surface area contributed by atoms with E-state index in [-0.39, 0.29) is 0 Å². The molecule has 0 bridgehead atoms. The molecule has 1 unspecified atom stereocenters. The summed E-state index contributed by atoms with van der Waals surface area (Å²) in [7, 11) is -4.50. The normalized spacial score (nSPS) is 13.9. The number of nitrogen functional groups attached to an aromatic ring is 1. The number of halogens is 3. The van der Waals surface area contributed by atoms with E-state index >= 15 is 0 Å². The second-order valence-corrected chi connectivity index (χ2v) is 5.98. The van der Waals surface area contributed by atoms with Crippen molar-refractivity contribution in [3.8, 4) is 0 Å². The molecule has 1 atom stereocenters. The topological polar surface area (TPSA) is 115 Å². The van der Waals surface area contributed by atoms with Crippen molar-refractivity contribution in [2.24, 2.45) is 0 Å². The van der Waals surface area contributed by atoms with Crippen molar-refractivity contribution in [1.29, 1.82) is 0 Å². The van der Waals surface area contributed by atoms with Gasteiger partial charge in [0.2, 0.25) is 10.0 Å². The maximum absolute atomic E-state index is 12.2. The molecule has 7 nitrogen and oxygen atoms in total. The summed E-state index contributed by atoms with van der Waals surface area (Å²) in [6.45, 7) is 1.00. The molecule has 118 valence electrons. The standard InChI is InChI=1S/C10H12F3N3O4S/c1-6(5-10(11,12)13)15-21(19,20)8-4-2-3-7(14)9(8)16(17)18/h2-4,6,15H,5,14H2,1H3. The van der Waals surface area contributed by atoms with Gasteiger partial charge in [-0.25, -0.2) is 13.1 Å². The Labute approximate surface area is 118 Å². The van der Waals surface area contributed by atoms with Crippen LogP contribution in [0, 0.1) is 10.1 Å². The Balaban J connectivity index is 3.15. The second kappa shape index (κ2) is 5.85. The van der Waals surface area contributed by atoms with Crippen LogP contribution in [-0.4, -0.2) is 25.6 Å². The average Bonchev–Trinajstić information content (AvgIpc) is 2.24. The van der Waals surface area contributed by atoms with Crippen molar-refractivity contribution >= 4 is 21.4 Å². The molecule has 0 heterocycles. The lowest BCUT2D eigenvalue weighted by atomic mass is 10.2. The Hall–Kier alpha value is -1.88. The number of alkyl halides is 3. The molecule has 11 heteroatoms. The van der Waals surface area contributed by atoms with Crippen molar-refractivity contribution in [3.05, 3.63) is 28.3 Å². The first-order valence-corrected chi connectivity index (χ1v) is 7.04. The number of nitrogens with two attached hydrogens (primary N) is 1. The maximum Gasteiger partial charge on any atom is 0.390 e. The van der Waals surface area contributed by atoms with Gasteiger partial charge in [0.05, 0.1) is 11.3 Å². The lowest BCUT2D eigenvalue weighted by molar-refractivity contribution is -0.386. The molecule has 1 rings (SSSR count). The van der Waals surface area contributed by atoms with Crippen LogP contribution in [-0.2, 0) is 10.0 Å². The van der Waals surface area contributed by atoms with Crippen LogP contribution in [0.5, 0.6) is 0 Å². The fraction of sp³-hybridized carbons (Fsp3) is 0.400. The molecule has 3 N–H and O–H groups in total. The Morgan fingerprint density at radius 1 is 1.43 bits per heavy atom. The molecule has 0 radical (unpaired) electrons. The van der Waals surface area contributed by atoms with Crippen molar-refractivity contribution in [2.75, 3.05) is 5.73 Å². The smallest absolute Gasteiger partial charge is 0.390 e. The summed E-state index contributed by atoms with van der Waals surface area (Å²) in [6, 6.07) is 1.70. The summed E-state index contributed by atoms with van der Waals surface area (Å²) in [6.07, 6.45) is -5.97. The minimum atomic E-state index is -4.57. The summed E-state index contributed by atoms with van der Waals surface area (Å²) in [4.78, 5) is 9.08. The number of benzene rings is 1. The molecule has 0 aromatic heterocycles. The van der Waals surface area contributed by atoms with Crippen LogP contribution in [0.2, 0.25) is 0 Å². The van der Waals surface area contributed by atoms with Gasteiger partial charge >= 0.3 is 11.9 Å². The highest BCUT2D eigenvalue weighted by Crippen LogP contribution is 2.30. The van der Waals surface area contributed by atoms with E-state index in [0.717, 1.165) is 25.1 Å². The first-order valence-electron chi connectivity index (χ1n) is 5.56. The summed E-state index contributed by atoms with van der Waals surface area (Å²) in [5.41, 5.74) is 4.07. The highest BCUT2D eigenvalue weighted by molar-refractivity contribution is 7.89. The molecule has 0 amide bonds. The summed E-state index contributed by atoms with van der Waals surface area (Å²) in [5, 5.41) is 10.9. The van der Waals surface area contributed by atoms with Gasteiger partial charge in [0.1, 0.15) is 5.69 Å². The van der Waals surface area contributed by atoms with Crippen LogP contribution in [0.4, 0.5) is 24.5 Å². The summed E-state index contributed by atoms with van der Waals surface area (Å²) < 4.78 is 62.3. The van der Waals surface area contributed by atoms with Gasteiger partial charge in [0, 0.05) is 6.04 Å². The maximum atomic E-state index is 12.2. The van der Waals surface area contributed by atoms with E-state index in [1.807, 2.05) is 0 Å². The second-order valence-electron chi connectivity index (χ2n) is 4.29. The Kier molecular flexibility index (Phi) is 4.79. The minimum Gasteiger partial charge on any atom is -0.393 e. The Morgan fingerprint density at radius 3 is 2.48 bits per heavy atom.